The summed E-state index contributed by atoms with van der Waals surface area (Å²) in [4.78, 5) is 0. The van der Waals surface area contributed by atoms with Gasteiger partial charge in [0.2, 0.25) is 0 Å². The summed E-state index contributed by atoms with van der Waals surface area (Å²) in [6.07, 6.45) is 8.30. The average Bonchev–Trinajstić information content (AvgIpc) is 2.37. The van der Waals surface area contributed by atoms with Gasteiger partial charge in [0.1, 0.15) is 0 Å². The van der Waals surface area contributed by atoms with Gasteiger partial charge in [0.05, 0.1) is 0 Å². The first-order valence-electron chi connectivity index (χ1n) is 6.58. The van der Waals surface area contributed by atoms with E-state index >= 15 is 0 Å². The van der Waals surface area contributed by atoms with Crippen molar-refractivity contribution >= 4 is 8.72 Å². The van der Waals surface area contributed by atoms with Crippen LogP contribution in [0.1, 0.15) is 38.5 Å². The van der Waals surface area contributed by atoms with Gasteiger partial charge in [-0.25, -0.2) is 0 Å². The predicted molar refractivity (Wildman–Crippen MR) is 67.3 cm³/mol. The lowest BCUT2D eigenvalue weighted by atomic mass is 9.79. The van der Waals surface area contributed by atoms with Crippen molar-refractivity contribution in [2.24, 2.45) is 5.92 Å². The fourth-order valence-electron chi connectivity index (χ4n) is 3.45. The van der Waals surface area contributed by atoms with Crippen LogP contribution in [0.3, 0.4) is 0 Å². The molecule has 0 N–H and O–H groups in total. The molecule has 0 spiro atoms. The van der Waals surface area contributed by atoms with Crippen LogP contribution in [-0.4, -0.2) is 40.1 Å². The molecule has 2 rings (SSSR count). The molecule has 2 fully saturated rings. The van der Waals surface area contributed by atoms with Crippen molar-refractivity contribution in [3.8, 4) is 0 Å². The van der Waals surface area contributed by atoms with E-state index in [0.29, 0.717) is 0 Å². The van der Waals surface area contributed by atoms with Gasteiger partial charge in [0, 0.05) is 20.3 Å². The van der Waals surface area contributed by atoms with Crippen LogP contribution in [0.5, 0.6) is 0 Å². The average molecular weight is 243 g/mol. The van der Waals surface area contributed by atoms with Gasteiger partial charge in [-0.3, -0.25) is 4.57 Å². The molecule has 94 valence electrons. The zero-order chi connectivity index (χ0) is 11.6. The highest BCUT2D eigenvalue weighted by molar-refractivity contribution is 6.63. The Hall–Kier alpha value is 0.0969. The summed E-state index contributed by atoms with van der Waals surface area (Å²) in [6, 6.07) is 0.735. The molecule has 2 aliphatic rings. The van der Waals surface area contributed by atoms with Gasteiger partial charge in [-0.2, -0.15) is 0 Å². The first kappa shape index (κ1) is 12.6. The molecule has 0 aromatic carbocycles. The molecule has 0 aromatic heterocycles. The molecule has 1 aliphatic carbocycles. The number of hydrogen-bond acceptors (Lipinski definition) is 3. The van der Waals surface area contributed by atoms with E-state index in [-0.39, 0.29) is 0 Å². The molecule has 0 aromatic rings. The van der Waals surface area contributed by atoms with E-state index in [1.807, 2.05) is 14.2 Å². The first-order valence-corrected chi connectivity index (χ1v) is 8.84. The zero-order valence-corrected chi connectivity index (χ0v) is 11.9. The van der Waals surface area contributed by atoms with Crippen molar-refractivity contribution < 1.29 is 8.85 Å². The first-order chi connectivity index (χ1) is 7.71. The van der Waals surface area contributed by atoms with Crippen LogP contribution in [0.4, 0.5) is 0 Å². The van der Waals surface area contributed by atoms with Crippen molar-refractivity contribution in [3.05, 3.63) is 0 Å². The highest BCUT2D eigenvalue weighted by Crippen LogP contribution is 2.37. The lowest BCUT2D eigenvalue weighted by molar-refractivity contribution is 0.0636. The number of hydrogen-bond donors (Lipinski definition) is 0. The van der Waals surface area contributed by atoms with E-state index in [2.05, 4.69) is 11.1 Å². The zero-order valence-electron chi connectivity index (χ0n) is 10.9. The molecular weight excluding hydrogens is 218 g/mol. The van der Waals surface area contributed by atoms with Gasteiger partial charge in [-0.15, -0.1) is 0 Å². The minimum absolute atomic E-state index is 0.735. The lowest BCUT2D eigenvalue weighted by Crippen LogP contribution is -2.63. The SMILES string of the molecule is CO[Si](C)(OC)N1CCCC2CCCCC21. The second-order valence-corrected chi connectivity index (χ2v) is 8.44. The molecule has 4 heteroatoms. The monoisotopic (exact) mass is 243 g/mol. The third-order valence-corrected chi connectivity index (χ3v) is 7.64. The van der Waals surface area contributed by atoms with E-state index in [1.54, 1.807) is 0 Å². The van der Waals surface area contributed by atoms with Gasteiger partial charge in [0.25, 0.3) is 0 Å². The minimum Gasteiger partial charge on any atom is -0.386 e. The normalized spacial score (nSPS) is 32.4. The molecule has 1 heterocycles. The van der Waals surface area contributed by atoms with Gasteiger partial charge in [0.15, 0.2) is 0 Å². The van der Waals surface area contributed by atoms with Gasteiger partial charge < -0.3 is 8.85 Å². The van der Waals surface area contributed by atoms with Crippen LogP contribution in [0.2, 0.25) is 6.55 Å². The summed E-state index contributed by atoms with van der Waals surface area (Å²) in [6.45, 7) is 3.36. The molecule has 0 bridgehead atoms. The van der Waals surface area contributed by atoms with Gasteiger partial charge in [-0.1, -0.05) is 12.8 Å². The number of piperidine rings is 1. The second kappa shape index (κ2) is 5.17. The molecule has 1 saturated heterocycles. The molecule has 1 saturated carbocycles. The van der Waals surface area contributed by atoms with E-state index < -0.39 is 8.72 Å². The highest BCUT2D eigenvalue weighted by Gasteiger charge is 2.46. The summed E-state index contributed by atoms with van der Waals surface area (Å²) in [5, 5.41) is 0. The number of fused-ring (bicyclic) bond motifs is 1. The molecule has 2 unspecified atom stereocenters. The van der Waals surface area contributed by atoms with Crippen molar-refractivity contribution in [2.45, 2.75) is 51.1 Å². The van der Waals surface area contributed by atoms with Crippen LogP contribution in [0.25, 0.3) is 0 Å². The summed E-state index contributed by atoms with van der Waals surface area (Å²) >= 11 is 0. The minimum atomic E-state index is -2.07. The Bertz CT molecular complexity index is 231. The summed E-state index contributed by atoms with van der Waals surface area (Å²) in [7, 11) is 1.54. The van der Waals surface area contributed by atoms with Crippen molar-refractivity contribution in [1.29, 1.82) is 0 Å². The summed E-state index contributed by atoms with van der Waals surface area (Å²) < 4.78 is 14.0. The fraction of sp³-hybridized carbons (Fsp3) is 1.00. The summed E-state index contributed by atoms with van der Waals surface area (Å²) in [5.74, 6) is 0.902. The van der Waals surface area contributed by atoms with Crippen molar-refractivity contribution in [3.63, 3.8) is 0 Å². The molecule has 1 aliphatic heterocycles. The van der Waals surface area contributed by atoms with Gasteiger partial charge in [-0.05, 0) is 44.7 Å². The third-order valence-electron chi connectivity index (χ3n) is 4.52. The Morgan fingerprint density at radius 1 is 1.00 bits per heavy atom. The molecule has 16 heavy (non-hydrogen) atoms. The maximum absolute atomic E-state index is 5.72. The number of rotatable bonds is 3. The summed E-state index contributed by atoms with van der Waals surface area (Å²) in [5.41, 5.74) is 0. The van der Waals surface area contributed by atoms with Crippen LogP contribution in [0.15, 0.2) is 0 Å². The fourth-order valence-corrected chi connectivity index (χ4v) is 5.59. The predicted octanol–water partition coefficient (Wildman–Crippen LogP) is 2.50. The maximum atomic E-state index is 5.72. The molecule has 2 atom stereocenters. The topological polar surface area (TPSA) is 21.7 Å². The van der Waals surface area contributed by atoms with Crippen LogP contribution >= 0.6 is 0 Å². The standard InChI is InChI=1S/C12H25NO2Si/c1-14-16(3,15-2)13-10-6-8-11-7-4-5-9-12(11)13/h11-12H,4-10H2,1-3H3. The quantitative estimate of drug-likeness (QED) is 0.711. The molecule has 0 radical (unpaired) electrons. The van der Waals surface area contributed by atoms with E-state index in [0.717, 1.165) is 12.0 Å². The molecule has 0 amide bonds. The Morgan fingerprint density at radius 2 is 1.62 bits per heavy atom. The van der Waals surface area contributed by atoms with E-state index in [4.69, 9.17) is 8.85 Å². The molecular formula is C12H25NO2Si. The van der Waals surface area contributed by atoms with E-state index in [9.17, 15) is 0 Å². The number of nitrogens with zero attached hydrogens (tertiary/aromatic N) is 1. The molecule has 3 nitrogen and oxygen atoms in total. The van der Waals surface area contributed by atoms with Crippen molar-refractivity contribution in [2.75, 3.05) is 20.8 Å². The lowest BCUT2D eigenvalue weighted by Gasteiger charge is -2.49. The van der Waals surface area contributed by atoms with Crippen LogP contribution < -0.4 is 0 Å². The Kier molecular flexibility index (Phi) is 4.05. The highest BCUT2D eigenvalue weighted by atomic mass is 28.4. The van der Waals surface area contributed by atoms with E-state index in [1.165, 1.54) is 45.1 Å². The smallest absolute Gasteiger partial charge is 0.386 e. The Morgan fingerprint density at radius 3 is 2.31 bits per heavy atom. The van der Waals surface area contributed by atoms with Crippen LogP contribution in [0, 0.1) is 5.92 Å². The third kappa shape index (κ3) is 2.21. The largest absolute Gasteiger partial charge is 0.424 e. The Balaban J connectivity index is 2.12. The van der Waals surface area contributed by atoms with Crippen molar-refractivity contribution in [1.82, 2.24) is 4.57 Å². The maximum Gasteiger partial charge on any atom is 0.424 e. The van der Waals surface area contributed by atoms with Crippen LogP contribution in [-0.2, 0) is 8.85 Å². The second-order valence-electron chi connectivity index (χ2n) is 5.25. The van der Waals surface area contributed by atoms with Gasteiger partial charge >= 0.3 is 8.72 Å². The Labute approximate surface area is 100 Å².